The molecule has 0 aliphatic heterocycles. The molecule has 84 valence electrons. The molecule has 1 aromatic heterocycles. The molecule has 16 heavy (non-hydrogen) atoms. The third kappa shape index (κ3) is 2.97. The first-order chi connectivity index (χ1) is 7.74. The monoisotopic (exact) mass is 237 g/mol. The molecule has 0 amide bonds. The molecule has 1 aromatic carbocycles. The minimum atomic E-state index is -0.369. The van der Waals surface area contributed by atoms with Crippen LogP contribution in [0.4, 0.5) is 10.1 Å². The van der Waals surface area contributed by atoms with Crippen LogP contribution in [0.5, 0.6) is 5.75 Å². The Morgan fingerprint density at radius 2 is 2.19 bits per heavy atom. The van der Waals surface area contributed by atoms with Gasteiger partial charge in [0, 0.05) is 29.1 Å². The number of halogens is 1. The Morgan fingerprint density at radius 1 is 1.31 bits per heavy atom. The van der Waals surface area contributed by atoms with Crippen molar-refractivity contribution in [2.45, 2.75) is 6.42 Å². The molecule has 4 heteroatoms. The summed E-state index contributed by atoms with van der Waals surface area (Å²) in [4.78, 5) is 1.25. The number of hydrogen-bond donors (Lipinski definition) is 1. The van der Waals surface area contributed by atoms with Crippen LogP contribution in [-0.2, 0) is 6.42 Å². The molecule has 2 rings (SSSR count). The molecule has 0 aliphatic carbocycles. The number of ether oxygens (including phenoxy) is 1. The van der Waals surface area contributed by atoms with Crippen LogP contribution in [0.25, 0.3) is 0 Å². The SMILES string of the molecule is Nc1cc(F)cc(OCCc2cccs2)c1. The van der Waals surface area contributed by atoms with E-state index in [9.17, 15) is 4.39 Å². The van der Waals surface area contributed by atoms with Gasteiger partial charge in [0.15, 0.2) is 0 Å². The Labute approximate surface area is 97.5 Å². The Bertz CT molecular complexity index is 436. The summed E-state index contributed by atoms with van der Waals surface area (Å²) in [6, 6.07) is 8.28. The molecular weight excluding hydrogens is 225 g/mol. The number of benzene rings is 1. The van der Waals surface area contributed by atoms with Crippen molar-refractivity contribution in [3.05, 3.63) is 46.4 Å². The molecule has 2 N–H and O–H groups in total. The van der Waals surface area contributed by atoms with Crippen LogP contribution in [-0.4, -0.2) is 6.61 Å². The molecule has 0 saturated heterocycles. The third-order valence-corrected chi connectivity index (χ3v) is 3.03. The van der Waals surface area contributed by atoms with Crippen LogP contribution in [0.15, 0.2) is 35.7 Å². The zero-order chi connectivity index (χ0) is 11.4. The molecule has 0 fully saturated rings. The van der Waals surface area contributed by atoms with Gasteiger partial charge in [-0.15, -0.1) is 11.3 Å². The first-order valence-corrected chi connectivity index (χ1v) is 5.83. The van der Waals surface area contributed by atoms with E-state index in [4.69, 9.17) is 10.5 Å². The van der Waals surface area contributed by atoms with E-state index in [0.29, 0.717) is 18.0 Å². The van der Waals surface area contributed by atoms with Gasteiger partial charge in [-0.3, -0.25) is 0 Å². The van der Waals surface area contributed by atoms with Crippen molar-refractivity contribution in [2.24, 2.45) is 0 Å². The topological polar surface area (TPSA) is 35.2 Å². The Kier molecular flexibility index (Phi) is 3.41. The van der Waals surface area contributed by atoms with Crippen LogP contribution in [0, 0.1) is 5.82 Å². The number of rotatable bonds is 4. The van der Waals surface area contributed by atoms with Crippen molar-refractivity contribution in [3.63, 3.8) is 0 Å². The van der Waals surface area contributed by atoms with Crippen LogP contribution < -0.4 is 10.5 Å². The van der Waals surface area contributed by atoms with Crippen molar-refractivity contribution in [3.8, 4) is 5.75 Å². The second-order valence-electron chi connectivity index (χ2n) is 3.40. The number of nitrogen functional groups attached to an aromatic ring is 1. The fourth-order valence-corrected chi connectivity index (χ4v) is 2.08. The van der Waals surface area contributed by atoms with Gasteiger partial charge in [0.05, 0.1) is 6.61 Å². The summed E-state index contributed by atoms with van der Waals surface area (Å²) < 4.78 is 18.4. The highest BCUT2D eigenvalue weighted by atomic mass is 32.1. The zero-order valence-electron chi connectivity index (χ0n) is 8.65. The average molecular weight is 237 g/mol. The Morgan fingerprint density at radius 3 is 2.88 bits per heavy atom. The molecule has 0 unspecified atom stereocenters. The van der Waals surface area contributed by atoms with Gasteiger partial charge >= 0.3 is 0 Å². The first-order valence-electron chi connectivity index (χ1n) is 4.95. The molecule has 2 aromatic rings. The minimum Gasteiger partial charge on any atom is -0.493 e. The normalized spacial score (nSPS) is 10.3. The zero-order valence-corrected chi connectivity index (χ0v) is 9.47. The lowest BCUT2D eigenvalue weighted by Gasteiger charge is -2.06. The Hall–Kier alpha value is -1.55. The Balaban J connectivity index is 1.89. The lowest BCUT2D eigenvalue weighted by Crippen LogP contribution is -2.01. The maximum absolute atomic E-state index is 13.0. The predicted molar refractivity (Wildman–Crippen MR) is 64.3 cm³/mol. The first kappa shape index (κ1) is 11.0. The van der Waals surface area contributed by atoms with Gasteiger partial charge in [-0.05, 0) is 17.5 Å². The molecule has 2 nitrogen and oxygen atoms in total. The summed E-state index contributed by atoms with van der Waals surface area (Å²) in [6.45, 7) is 0.531. The highest BCUT2D eigenvalue weighted by molar-refractivity contribution is 7.09. The van der Waals surface area contributed by atoms with Crippen LogP contribution in [0.3, 0.4) is 0 Å². The van der Waals surface area contributed by atoms with Gasteiger partial charge < -0.3 is 10.5 Å². The largest absolute Gasteiger partial charge is 0.493 e. The number of hydrogen-bond acceptors (Lipinski definition) is 3. The lowest BCUT2D eigenvalue weighted by molar-refractivity contribution is 0.321. The maximum Gasteiger partial charge on any atom is 0.128 e. The average Bonchev–Trinajstić information content (AvgIpc) is 2.69. The van der Waals surface area contributed by atoms with Crippen LogP contribution in [0.1, 0.15) is 4.88 Å². The second-order valence-corrected chi connectivity index (χ2v) is 4.43. The van der Waals surface area contributed by atoms with Gasteiger partial charge in [-0.1, -0.05) is 6.07 Å². The fourth-order valence-electron chi connectivity index (χ4n) is 1.39. The second kappa shape index (κ2) is 4.99. The third-order valence-electron chi connectivity index (χ3n) is 2.09. The van der Waals surface area contributed by atoms with E-state index < -0.39 is 0 Å². The van der Waals surface area contributed by atoms with Gasteiger partial charge in [0.25, 0.3) is 0 Å². The fraction of sp³-hybridized carbons (Fsp3) is 0.167. The molecule has 0 bridgehead atoms. The smallest absolute Gasteiger partial charge is 0.128 e. The van der Waals surface area contributed by atoms with Gasteiger partial charge in [-0.2, -0.15) is 0 Å². The van der Waals surface area contributed by atoms with E-state index in [1.807, 2.05) is 17.5 Å². The molecule has 1 heterocycles. The molecule has 0 atom stereocenters. The molecule has 0 radical (unpaired) electrons. The van der Waals surface area contributed by atoms with Crippen LogP contribution >= 0.6 is 11.3 Å². The summed E-state index contributed by atoms with van der Waals surface area (Å²) in [5.41, 5.74) is 5.89. The number of thiophene rings is 1. The van der Waals surface area contributed by atoms with Crippen molar-refractivity contribution < 1.29 is 9.13 Å². The standard InChI is InChI=1S/C12H12FNOS/c13-9-6-10(14)8-11(7-9)15-4-3-12-2-1-5-16-12/h1-2,5-8H,3-4,14H2. The van der Waals surface area contributed by atoms with E-state index in [1.165, 1.54) is 17.0 Å². The van der Waals surface area contributed by atoms with Crippen LogP contribution in [0.2, 0.25) is 0 Å². The summed E-state index contributed by atoms with van der Waals surface area (Å²) in [7, 11) is 0. The molecule has 0 aliphatic rings. The number of nitrogens with two attached hydrogens (primary N) is 1. The van der Waals surface area contributed by atoms with Gasteiger partial charge in [-0.25, -0.2) is 4.39 Å². The molecular formula is C12H12FNOS. The maximum atomic E-state index is 13.0. The van der Waals surface area contributed by atoms with Crippen molar-refractivity contribution >= 4 is 17.0 Å². The lowest BCUT2D eigenvalue weighted by atomic mass is 10.3. The van der Waals surface area contributed by atoms with E-state index in [0.717, 1.165) is 6.42 Å². The van der Waals surface area contributed by atoms with Crippen molar-refractivity contribution in [1.29, 1.82) is 0 Å². The minimum absolute atomic E-state index is 0.369. The quantitative estimate of drug-likeness (QED) is 0.829. The van der Waals surface area contributed by atoms with E-state index in [-0.39, 0.29) is 5.82 Å². The van der Waals surface area contributed by atoms with E-state index in [2.05, 4.69) is 0 Å². The highest BCUT2D eigenvalue weighted by Gasteiger charge is 2.00. The van der Waals surface area contributed by atoms with E-state index in [1.54, 1.807) is 17.4 Å². The van der Waals surface area contributed by atoms with Gasteiger partial charge in [0.1, 0.15) is 11.6 Å². The number of anilines is 1. The van der Waals surface area contributed by atoms with Gasteiger partial charge in [0.2, 0.25) is 0 Å². The molecule has 0 saturated carbocycles. The van der Waals surface area contributed by atoms with Crippen molar-refractivity contribution in [2.75, 3.05) is 12.3 Å². The highest BCUT2D eigenvalue weighted by Crippen LogP contribution is 2.18. The van der Waals surface area contributed by atoms with Crippen molar-refractivity contribution in [1.82, 2.24) is 0 Å². The summed E-state index contributed by atoms with van der Waals surface area (Å²) in [5.74, 6) is 0.111. The summed E-state index contributed by atoms with van der Waals surface area (Å²) >= 11 is 1.69. The summed E-state index contributed by atoms with van der Waals surface area (Å²) in [5, 5.41) is 2.02. The predicted octanol–water partition coefficient (Wildman–Crippen LogP) is 3.09. The molecule has 0 spiro atoms. The van der Waals surface area contributed by atoms with E-state index >= 15 is 0 Å². The summed E-state index contributed by atoms with van der Waals surface area (Å²) in [6.07, 6.45) is 0.827.